The highest BCUT2D eigenvalue weighted by atomic mass is 16.5. The number of piperazine rings is 1. The Morgan fingerprint density at radius 2 is 1.90 bits per heavy atom. The van der Waals surface area contributed by atoms with Crippen molar-refractivity contribution < 1.29 is 9.53 Å². The molecule has 2 aromatic carbocycles. The van der Waals surface area contributed by atoms with E-state index in [0.717, 1.165) is 63.4 Å². The van der Waals surface area contributed by atoms with Crippen molar-refractivity contribution in [3.8, 4) is 5.75 Å². The molecule has 154 valence electrons. The summed E-state index contributed by atoms with van der Waals surface area (Å²) in [4.78, 5) is 18.1. The number of methoxy groups -OCH3 is 1. The number of rotatable bonds is 5. The third-order valence-electron chi connectivity index (χ3n) is 6.13. The van der Waals surface area contributed by atoms with E-state index in [0.29, 0.717) is 5.91 Å². The lowest BCUT2D eigenvalue weighted by Crippen LogP contribution is -2.52. The van der Waals surface area contributed by atoms with Crippen LogP contribution in [0, 0.1) is 5.92 Å². The van der Waals surface area contributed by atoms with Crippen molar-refractivity contribution in [3.63, 3.8) is 0 Å². The molecule has 2 fully saturated rings. The molecule has 2 atom stereocenters. The monoisotopic (exact) mass is 393 g/mol. The molecule has 2 aromatic rings. The Balaban J connectivity index is 1.48. The number of carbonyl (C=O) groups excluding carboxylic acids is 1. The van der Waals surface area contributed by atoms with Crippen LogP contribution in [0.15, 0.2) is 54.6 Å². The summed E-state index contributed by atoms with van der Waals surface area (Å²) >= 11 is 0. The van der Waals surface area contributed by atoms with Crippen LogP contribution < -0.4 is 10.1 Å². The topological polar surface area (TPSA) is 44.8 Å². The van der Waals surface area contributed by atoms with Crippen LogP contribution in [0.25, 0.3) is 0 Å². The Labute approximate surface area is 173 Å². The summed E-state index contributed by atoms with van der Waals surface area (Å²) in [6.07, 6.45) is 2.06. The molecule has 0 saturated carbocycles. The average molecular weight is 394 g/mol. The maximum atomic E-state index is 13.6. The van der Waals surface area contributed by atoms with Gasteiger partial charge in [0.2, 0.25) is 5.91 Å². The fourth-order valence-corrected chi connectivity index (χ4v) is 4.66. The molecule has 2 aliphatic rings. The standard InChI is InChI=1S/C24H31N3O2/c1-29-23-12-6-5-11-21(23)22-16-25-13-15-27(22)24(28)20-10-7-14-26(18-20)17-19-8-3-2-4-9-19/h2-6,8-9,11-12,20,22,25H,7,10,13-18H2,1H3. The second kappa shape index (κ2) is 9.42. The number of hydrogen-bond acceptors (Lipinski definition) is 4. The molecule has 29 heavy (non-hydrogen) atoms. The van der Waals surface area contributed by atoms with Crippen molar-refractivity contribution in [2.45, 2.75) is 25.4 Å². The van der Waals surface area contributed by atoms with Crippen LogP contribution in [0.4, 0.5) is 0 Å². The van der Waals surface area contributed by atoms with Crippen LogP contribution in [0.2, 0.25) is 0 Å². The van der Waals surface area contributed by atoms with Gasteiger partial charge < -0.3 is 15.0 Å². The van der Waals surface area contributed by atoms with Crippen LogP contribution in [0.1, 0.15) is 30.0 Å². The molecule has 2 heterocycles. The first-order chi connectivity index (χ1) is 14.3. The first kappa shape index (κ1) is 19.9. The lowest BCUT2D eigenvalue weighted by molar-refractivity contribution is -0.141. The van der Waals surface area contributed by atoms with Gasteiger partial charge in [0.1, 0.15) is 5.75 Å². The zero-order valence-electron chi connectivity index (χ0n) is 17.2. The van der Waals surface area contributed by atoms with E-state index in [4.69, 9.17) is 4.74 Å². The molecule has 4 rings (SSSR count). The van der Waals surface area contributed by atoms with Gasteiger partial charge in [-0.3, -0.25) is 9.69 Å². The van der Waals surface area contributed by atoms with Crippen molar-refractivity contribution in [1.29, 1.82) is 0 Å². The van der Waals surface area contributed by atoms with Crippen molar-refractivity contribution in [3.05, 3.63) is 65.7 Å². The number of benzene rings is 2. The Hall–Kier alpha value is -2.37. The molecule has 0 spiro atoms. The summed E-state index contributed by atoms with van der Waals surface area (Å²) in [5, 5.41) is 3.45. The van der Waals surface area contributed by atoms with E-state index in [1.54, 1.807) is 7.11 Å². The molecule has 2 aliphatic heterocycles. The van der Waals surface area contributed by atoms with Gasteiger partial charge in [0.15, 0.2) is 0 Å². The molecular weight excluding hydrogens is 362 g/mol. The zero-order valence-corrected chi connectivity index (χ0v) is 17.2. The van der Waals surface area contributed by atoms with Crippen LogP contribution in [-0.4, -0.2) is 55.5 Å². The first-order valence-electron chi connectivity index (χ1n) is 10.7. The summed E-state index contributed by atoms with van der Waals surface area (Å²) in [6, 6.07) is 18.6. The van der Waals surface area contributed by atoms with Gasteiger partial charge in [-0.05, 0) is 31.0 Å². The van der Waals surface area contributed by atoms with Gasteiger partial charge in [0.25, 0.3) is 0 Å². The van der Waals surface area contributed by atoms with E-state index in [1.165, 1.54) is 5.56 Å². The van der Waals surface area contributed by atoms with E-state index >= 15 is 0 Å². The average Bonchev–Trinajstić information content (AvgIpc) is 2.79. The third-order valence-corrected chi connectivity index (χ3v) is 6.13. The van der Waals surface area contributed by atoms with Gasteiger partial charge in [-0.25, -0.2) is 0 Å². The molecule has 2 saturated heterocycles. The highest BCUT2D eigenvalue weighted by Crippen LogP contribution is 2.32. The summed E-state index contributed by atoms with van der Waals surface area (Å²) in [5.74, 6) is 1.22. The van der Waals surface area contributed by atoms with E-state index in [9.17, 15) is 4.79 Å². The van der Waals surface area contributed by atoms with E-state index in [1.807, 2.05) is 18.2 Å². The molecule has 0 bridgehead atoms. The van der Waals surface area contributed by atoms with Crippen LogP contribution in [0.3, 0.4) is 0 Å². The Kier molecular flexibility index (Phi) is 6.47. The number of nitrogens with zero attached hydrogens (tertiary/aromatic N) is 2. The molecule has 0 radical (unpaired) electrons. The molecule has 5 nitrogen and oxygen atoms in total. The number of piperidine rings is 1. The summed E-state index contributed by atoms with van der Waals surface area (Å²) in [5.41, 5.74) is 2.40. The number of carbonyl (C=O) groups is 1. The minimum Gasteiger partial charge on any atom is -0.496 e. The second-order valence-electron chi connectivity index (χ2n) is 8.05. The highest BCUT2D eigenvalue weighted by molar-refractivity contribution is 5.80. The van der Waals surface area contributed by atoms with Gasteiger partial charge in [-0.1, -0.05) is 48.5 Å². The predicted octanol–water partition coefficient (Wildman–Crippen LogP) is 3.08. The number of nitrogens with one attached hydrogen (secondary N) is 1. The van der Waals surface area contributed by atoms with Crippen molar-refractivity contribution in [2.75, 3.05) is 39.8 Å². The summed E-state index contributed by atoms with van der Waals surface area (Å²) < 4.78 is 5.58. The highest BCUT2D eigenvalue weighted by Gasteiger charge is 2.35. The number of hydrogen-bond donors (Lipinski definition) is 1. The van der Waals surface area contributed by atoms with Gasteiger partial charge in [-0.15, -0.1) is 0 Å². The molecular formula is C24H31N3O2. The second-order valence-corrected chi connectivity index (χ2v) is 8.05. The number of likely N-dealkylation sites (tertiary alicyclic amines) is 1. The largest absolute Gasteiger partial charge is 0.496 e. The summed E-state index contributed by atoms with van der Waals surface area (Å²) in [7, 11) is 1.70. The van der Waals surface area contributed by atoms with Gasteiger partial charge in [0, 0.05) is 38.3 Å². The van der Waals surface area contributed by atoms with Crippen molar-refractivity contribution in [1.82, 2.24) is 15.1 Å². The Morgan fingerprint density at radius 3 is 2.72 bits per heavy atom. The van der Waals surface area contributed by atoms with Gasteiger partial charge in [-0.2, -0.15) is 0 Å². The van der Waals surface area contributed by atoms with E-state index < -0.39 is 0 Å². The predicted molar refractivity (Wildman–Crippen MR) is 115 cm³/mol. The SMILES string of the molecule is COc1ccccc1C1CNCCN1C(=O)C1CCCN(Cc2ccccc2)C1. The van der Waals surface area contributed by atoms with E-state index in [-0.39, 0.29) is 12.0 Å². The Bertz CT molecular complexity index is 811. The smallest absolute Gasteiger partial charge is 0.227 e. The maximum Gasteiger partial charge on any atom is 0.227 e. The number of ether oxygens (including phenoxy) is 1. The zero-order chi connectivity index (χ0) is 20.1. The molecule has 2 unspecified atom stereocenters. The normalized spacial score (nSPS) is 23.0. The first-order valence-corrected chi connectivity index (χ1v) is 10.7. The minimum absolute atomic E-state index is 0.0249. The van der Waals surface area contributed by atoms with Gasteiger partial charge >= 0.3 is 0 Å². The van der Waals surface area contributed by atoms with Crippen molar-refractivity contribution >= 4 is 5.91 Å². The fraction of sp³-hybridized carbons (Fsp3) is 0.458. The molecule has 0 aromatic heterocycles. The van der Waals surface area contributed by atoms with Crippen LogP contribution in [-0.2, 0) is 11.3 Å². The molecule has 1 amide bonds. The summed E-state index contributed by atoms with van der Waals surface area (Å²) in [6.45, 7) is 5.19. The third kappa shape index (κ3) is 4.62. The lowest BCUT2D eigenvalue weighted by Gasteiger charge is -2.41. The van der Waals surface area contributed by atoms with Crippen molar-refractivity contribution in [2.24, 2.45) is 5.92 Å². The maximum absolute atomic E-state index is 13.6. The Morgan fingerprint density at radius 1 is 1.10 bits per heavy atom. The number of para-hydroxylation sites is 1. The quantitative estimate of drug-likeness (QED) is 0.848. The lowest BCUT2D eigenvalue weighted by atomic mass is 9.93. The van der Waals surface area contributed by atoms with E-state index in [2.05, 4.69) is 51.5 Å². The molecule has 0 aliphatic carbocycles. The number of amides is 1. The van der Waals surface area contributed by atoms with Crippen LogP contribution in [0.5, 0.6) is 5.75 Å². The van der Waals surface area contributed by atoms with Gasteiger partial charge in [0.05, 0.1) is 19.1 Å². The molecule has 1 N–H and O–H groups in total. The van der Waals surface area contributed by atoms with Crippen LogP contribution >= 0.6 is 0 Å². The molecule has 5 heteroatoms. The fourth-order valence-electron chi connectivity index (χ4n) is 4.66. The minimum atomic E-state index is 0.0249.